The maximum atomic E-state index is 5.83. The van der Waals surface area contributed by atoms with E-state index in [9.17, 15) is 0 Å². The van der Waals surface area contributed by atoms with E-state index in [1.54, 1.807) is 6.20 Å². The molecule has 0 radical (unpaired) electrons. The van der Waals surface area contributed by atoms with Crippen LogP contribution in [0.25, 0.3) is 0 Å². The summed E-state index contributed by atoms with van der Waals surface area (Å²) in [5.74, 6) is 0.550. The Morgan fingerprint density at radius 1 is 1.47 bits per heavy atom. The number of nitrogens with zero attached hydrogens (tertiary/aromatic N) is 2. The Balaban J connectivity index is 2.41. The van der Waals surface area contributed by atoms with Gasteiger partial charge in [-0.25, -0.2) is 4.98 Å². The number of pyridine rings is 1. The summed E-state index contributed by atoms with van der Waals surface area (Å²) >= 11 is 0. The predicted octanol–water partition coefficient (Wildman–Crippen LogP) is 1.30. The molecule has 0 unspecified atom stereocenters. The number of aromatic nitrogens is 1. The zero-order valence-corrected chi connectivity index (χ0v) is 9.66. The van der Waals surface area contributed by atoms with Gasteiger partial charge in [0.05, 0.1) is 12.3 Å². The van der Waals surface area contributed by atoms with Crippen molar-refractivity contribution in [2.75, 3.05) is 33.0 Å². The molecule has 0 saturated heterocycles. The van der Waals surface area contributed by atoms with Gasteiger partial charge in [0, 0.05) is 12.7 Å². The number of anilines is 1. The van der Waals surface area contributed by atoms with Crippen LogP contribution in [-0.4, -0.2) is 37.1 Å². The fourth-order valence-electron chi connectivity index (χ4n) is 1.21. The highest BCUT2D eigenvalue weighted by Gasteiger charge is 2.03. The van der Waals surface area contributed by atoms with Crippen molar-refractivity contribution in [3.8, 4) is 5.88 Å². The SMILES string of the molecule is Cc1ccnc(OCCCN(C)C)c1N. The molecule has 0 amide bonds. The van der Waals surface area contributed by atoms with E-state index in [2.05, 4.69) is 9.88 Å². The Morgan fingerprint density at radius 3 is 2.87 bits per heavy atom. The van der Waals surface area contributed by atoms with Gasteiger partial charge >= 0.3 is 0 Å². The third-order valence-corrected chi connectivity index (χ3v) is 2.16. The molecule has 0 aromatic carbocycles. The molecule has 0 bridgehead atoms. The standard InChI is InChI=1S/C11H19N3O/c1-9-5-6-13-11(10(9)12)15-8-4-7-14(2)3/h5-6H,4,7-8,12H2,1-3H3. The molecule has 4 heteroatoms. The van der Waals surface area contributed by atoms with Crippen LogP contribution in [0.2, 0.25) is 0 Å². The molecule has 1 aromatic heterocycles. The highest BCUT2D eigenvalue weighted by molar-refractivity contribution is 5.53. The van der Waals surface area contributed by atoms with Gasteiger partial charge in [-0.3, -0.25) is 0 Å². The zero-order chi connectivity index (χ0) is 11.3. The van der Waals surface area contributed by atoms with E-state index in [0.29, 0.717) is 18.2 Å². The first-order chi connectivity index (χ1) is 7.11. The fraction of sp³-hybridized carbons (Fsp3) is 0.545. The van der Waals surface area contributed by atoms with Gasteiger partial charge in [0.2, 0.25) is 5.88 Å². The summed E-state index contributed by atoms with van der Waals surface area (Å²) < 4.78 is 5.51. The summed E-state index contributed by atoms with van der Waals surface area (Å²) in [6, 6.07) is 1.88. The minimum Gasteiger partial charge on any atom is -0.476 e. The summed E-state index contributed by atoms with van der Waals surface area (Å²) in [5, 5.41) is 0. The number of rotatable bonds is 5. The van der Waals surface area contributed by atoms with E-state index in [-0.39, 0.29) is 0 Å². The second kappa shape index (κ2) is 5.56. The lowest BCUT2D eigenvalue weighted by molar-refractivity contribution is 0.274. The highest BCUT2D eigenvalue weighted by atomic mass is 16.5. The Morgan fingerprint density at radius 2 is 2.20 bits per heavy atom. The molecule has 0 saturated carbocycles. The lowest BCUT2D eigenvalue weighted by atomic mass is 10.2. The predicted molar refractivity (Wildman–Crippen MR) is 62.1 cm³/mol. The minimum absolute atomic E-state index is 0.550. The summed E-state index contributed by atoms with van der Waals surface area (Å²) in [7, 11) is 4.08. The third-order valence-electron chi connectivity index (χ3n) is 2.16. The van der Waals surface area contributed by atoms with Gasteiger partial charge in [-0.2, -0.15) is 0 Å². The van der Waals surface area contributed by atoms with Gasteiger partial charge in [-0.1, -0.05) is 0 Å². The van der Waals surface area contributed by atoms with Gasteiger partial charge in [-0.05, 0) is 39.1 Å². The maximum absolute atomic E-state index is 5.83. The molecule has 1 heterocycles. The Kier molecular flexibility index (Phi) is 4.37. The number of hydrogen-bond acceptors (Lipinski definition) is 4. The van der Waals surface area contributed by atoms with E-state index in [4.69, 9.17) is 10.5 Å². The molecular formula is C11H19N3O. The average Bonchev–Trinajstić information content (AvgIpc) is 2.18. The van der Waals surface area contributed by atoms with Gasteiger partial charge < -0.3 is 15.4 Å². The van der Waals surface area contributed by atoms with Crippen LogP contribution in [-0.2, 0) is 0 Å². The zero-order valence-electron chi connectivity index (χ0n) is 9.66. The van der Waals surface area contributed by atoms with E-state index >= 15 is 0 Å². The topological polar surface area (TPSA) is 51.4 Å². The first kappa shape index (κ1) is 11.8. The van der Waals surface area contributed by atoms with Gasteiger partial charge in [0.15, 0.2) is 0 Å². The molecule has 0 aliphatic carbocycles. The van der Waals surface area contributed by atoms with E-state index in [0.717, 1.165) is 18.5 Å². The minimum atomic E-state index is 0.550. The number of aryl methyl sites for hydroxylation is 1. The molecule has 0 spiro atoms. The average molecular weight is 209 g/mol. The van der Waals surface area contributed by atoms with Crippen LogP contribution >= 0.6 is 0 Å². The summed E-state index contributed by atoms with van der Waals surface area (Å²) in [6.07, 6.45) is 2.69. The van der Waals surface area contributed by atoms with Gasteiger partial charge in [-0.15, -0.1) is 0 Å². The molecular weight excluding hydrogens is 190 g/mol. The smallest absolute Gasteiger partial charge is 0.237 e. The Hall–Kier alpha value is -1.29. The maximum Gasteiger partial charge on any atom is 0.237 e. The van der Waals surface area contributed by atoms with Crippen molar-refractivity contribution in [1.82, 2.24) is 9.88 Å². The molecule has 0 fully saturated rings. The van der Waals surface area contributed by atoms with Crippen LogP contribution in [0.1, 0.15) is 12.0 Å². The normalized spacial score (nSPS) is 10.7. The van der Waals surface area contributed by atoms with Crippen molar-refractivity contribution in [2.45, 2.75) is 13.3 Å². The van der Waals surface area contributed by atoms with Crippen LogP contribution in [0, 0.1) is 6.92 Å². The summed E-state index contributed by atoms with van der Waals surface area (Å²) in [5.41, 5.74) is 7.47. The largest absolute Gasteiger partial charge is 0.476 e. The molecule has 2 N–H and O–H groups in total. The third kappa shape index (κ3) is 3.75. The molecule has 0 aliphatic heterocycles. The lowest BCUT2D eigenvalue weighted by Gasteiger charge is -2.11. The van der Waals surface area contributed by atoms with Crippen molar-refractivity contribution in [3.63, 3.8) is 0 Å². The van der Waals surface area contributed by atoms with Crippen LogP contribution in [0.4, 0.5) is 5.69 Å². The Labute approximate surface area is 91.1 Å². The first-order valence-corrected chi connectivity index (χ1v) is 5.10. The molecule has 84 valence electrons. The molecule has 15 heavy (non-hydrogen) atoms. The van der Waals surface area contributed by atoms with Crippen molar-refractivity contribution >= 4 is 5.69 Å². The highest BCUT2D eigenvalue weighted by Crippen LogP contribution is 2.20. The van der Waals surface area contributed by atoms with Crippen LogP contribution in [0.15, 0.2) is 12.3 Å². The number of hydrogen-bond donors (Lipinski definition) is 1. The quantitative estimate of drug-likeness (QED) is 0.743. The van der Waals surface area contributed by atoms with Crippen molar-refractivity contribution in [1.29, 1.82) is 0 Å². The van der Waals surface area contributed by atoms with E-state index in [1.807, 2.05) is 27.1 Å². The van der Waals surface area contributed by atoms with Crippen molar-refractivity contribution in [2.24, 2.45) is 0 Å². The number of nitrogens with two attached hydrogens (primary N) is 1. The number of nitrogen functional groups attached to an aromatic ring is 1. The second-order valence-electron chi connectivity index (χ2n) is 3.85. The van der Waals surface area contributed by atoms with Crippen LogP contribution in [0.3, 0.4) is 0 Å². The van der Waals surface area contributed by atoms with Crippen molar-refractivity contribution < 1.29 is 4.74 Å². The van der Waals surface area contributed by atoms with Crippen molar-refractivity contribution in [3.05, 3.63) is 17.8 Å². The number of ether oxygens (including phenoxy) is 1. The first-order valence-electron chi connectivity index (χ1n) is 5.10. The molecule has 0 aliphatic rings. The van der Waals surface area contributed by atoms with E-state index < -0.39 is 0 Å². The molecule has 1 aromatic rings. The van der Waals surface area contributed by atoms with Gasteiger partial charge in [0.1, 0.15) is 0 Å². The molecule has 0 atom stereocenters. The van der Waals surface area contributed by atoms with Crippen LogP contribution in [0.5, 0.6) is 5.88 Å². The summed E-state index contributed by atoms with van der Waals surface area (Å²) in [6.45, 7) is 3.61. The lowest BCUT2D eigenvalue weighted by Crippen LogP contribution is -2.16. The van der Waals surface area contributed by atoms with Crippen LogP contribution < -0.4 is 10.5 Å². The van der Waals surface area contributed by atoms with E-state index in [1.165, 1.54) is 0 Å². The molecule has 1 rings (SSSR count). The second-order valence-corrected chi connectivity index (χ2v) is 3.85. The fourth-order valence-corrected chi connectivity index (χ4v) is 1.21. The Bertz CT molecular complexity index is 313. The monoisotopic (exact) mass is 209 g/mol. The molecule has 4 nitrogen and oxygen atoms in total. The summed E-state index contributed by atoms with van der Waals surface area (Å²) in [4.78, 5) is 6.22. The van der Waals surface area contributed by atoms with Gasteiger partial charge in [0.25, 0.3) is 0 Å².